The lowest BCUT2D eigenvalue weighted by Gasteiger charge is -2.17. The van der Waals surface area contributed by atoms with Gasteiger partial charge in [-0.1, -0.05) is 20.8 Å². The van der Waals surface area contributed by atoms with E-state index in [1.54, 1.807) is 6.07 Å². The van der Waals surface area contributed by atoms with Gasteiger partial charge in [0.25, 0.3) is 0 Å². The number of sulfonamides is 1. The van der Waals surface area contributed by atoms with Gasteiger partial charge < -0.3 is 5.32 Å². The van der Waals surface area contributed by atoms with Crippen LogP contribution in [0.2, 0.25) is 0 Å². The number of hydrogen-bond donors (Lipinski definition) is 2. The summed E-state index contributed by atoms with van der Waals surface area (Å²) in [5, 5.41) is 5.32. The molecular formula is C14H24N2O2S2. The molecule has 4 nitrogen and oxygen atoms in total. The standard InChI is InChI=1S/C14H24N2O2S2/c1-14(2,3)6-7-16-20(17,18)13-8-11(10-19-13)9-15-12-4-5-12/h8,10,12,15-16H,4-7,9H2,1-3H3. The van der Waals surface area contributed by atoms with Crippen molar-refractivity contribution in [3.05, 3.63) is 17.0 Å². The molecule has 0 saturated heterocycles. The van der Waals surface area contributed by atoms with Crippen molar-refractivity contribution >= 4 is 21.4 Å². The van der Waals surface area contributed by atoms with Gasteiger partial charge >= 0.3 is 0 Å². The van der Waals surface area contributed by atoms with Gasteiger partial charge in [0.05, 0.1) is 0 Å². The molecule has 0 atom stereocenters. The van der Waals surface area contributed by atoms with Crippen LogP contribution >= 0.6 is 11.3 Å². The largest absolute Gasteiger partial charge is 0.310 e. The molecule has 0 radical (unpaired) electrons. The zero-order chi connectivity index (χ0) is 14.8. The van der Waals surface area contributed by atoms with Crippen LogP contribution in [0.15, 0.2) is 15.7 Å². The average molecular weight is 316 g/mol. The van der Waals surface area contributed by atoms with Gasteiger partial charge in [-0.3, -0.25) is 0 Å². The van der Waals surface area contributed by atoms with Crippen molar-refractivity contribution in [3.8, 4) is 0 Å². The maximum absolute atomic E-state index is 12.2. The molecule has 1 saturated carbocycles. The van der Waals surface area contributed by atoms with E-state index in [2.05, 4.69) is 30.8 Å². The van der Waals surface area contributed by atoms with Gasteiger partial charge in [-0.05, 0) is 41.7 Å². The minimum Gasteiger partial charge on any atom is -0.310 e. The van der Waals surface area contributed by atoms with Gasteiger partial charge in [0, 0.05) is 19.1 Å². The summed E-state index contributed by atoms with van der Waals surface area (Å²) in [6.07, 6.45) is 3.31. The maximum Gasteiger partial charge on any atom is 0.250 e. The van der Waals surface area contributed by atoms with Crippen molar-refractivity contribution in [2.75, 3.05) is 6.54 Å². The lowest BCUT2D eigenvalue weighted by Crippen LogP contribution is -2.26. The van der Waals surface area contributed by atoms with E-state index in [1.807, 2.05) is 5.38 Å². The predicted molar refractivity (Wildman–Crippen MR) is 83.4 cm³/mol. The van der Waals surface area contributed by atoms with Crippen molar-refractivity contribution in [1.29, 1.82) is 0 Å². The zero-order valence-corrected chi connectivity index (χ0v) is 14.0. The molecule has 1 fully saturated rings. The van der Waals surface area contributed by atoms with E-state index in [1.165, 1.54) is 24.2 Å². The van der Waals surface area contributed by atoms with E-state index >= 15 is 0 Å². The first-order valence-electron chi connectivity index (χ1n) is 7.07. The smallest absolute Gasteiger partial charge is 0.250 e. The van der Waals surface area contributed by atoms with Crippen LogP contribution in [0.4, 0.5) is 0 Å². The second-order valence-electron chi connectivity index (χ2n) is 6.64. The Labute approximate surface area is 126 Å². The lowest BCUT2D eigenvalue weighted by molar-refractivity contribution is 0.378. The summed E-state index contributed by atoms with van der Waals surface area (Å²) in [7, 11) is -3.34. The fraction of sp³-hybridized carbons (Fsp3) is 0.714. The Morgan fingerprint density at radius 3 is 2.65 bits per heavy atom. The van der Waals surface area contributed by atoms with Crippen LogP contribution in [-0.4, -0.2) is 21.0 Å². The molecule has 0 unspecified atom stereocenters. The first-order valence-corrected chi connectivity index (χ1v) is 9.43. The molecular weight excluding hydrogens is 292 g/mol. The number of rotatable bonds is 7. The van der Waals surface area contributed by atoms with Crippen LogP contribution in [0, 0.1) is 5.41 Å². The minimum atomic E-state index is -3.34. The fourth-order valence-electron chi connectivity index (χ4n) is 1.77. The van der Waals surface area contributed by atoms with Crippen LogP contribution in [0.5, 0.6) is 0 Å². The van der Waals surface area contributed by atoms with Gasteiger partial charge in [-0.25, -0.2) is 13.1 Å². The zero-order valence-electron chi connectivity index (χ0n) is 12.4. The molecule has 1 aliphatic carbocycles. The topological polar surface area (TPSA) is 58.2 Å². The monoisotopic (exact) mass is 316 g/mol. The number of nitrogens with one attached hydrogen (secondary N) is 2. The average Bonchev–Trinajstić information content (AvgIpc) is 3.01. The van der Waals surface area contributed by atoms with Crippen molar-refractivity contribution in [2.24, 2.45) is 5.41 Å². The molecule has 0 aliphatic heterocycles. The van der Waals surface area contributed by atoms with Gasteiger partial charge in [0.2, 0.25) is 10.0 Å². The summed E-state index contributed by atoms with van der Waals surface area (Å²) in [5.74, 6) is 0. The van der Waals surface area contributed by atoms with Gasteiger partial charge in [-0.2, -0.15) is 0 Å². The highest BCUT2D eigenvalue weighted by Gasteiger charge is 2.21. The predicted octanol–water partition coefficient (Wildman–Crippen LogP) is 2.71. The Balaban J connectivity index is 1.87. The molecule has 1 heterocycles. The third kappa shape index (κ3) is 5.16. The molecule has 1 aliphatic rings. The summed E-state index contributed by atoms with van der Waals surface area (Å²) in [6, 6.07) is 2.42. The summed E-state index contributed by atoms with van der Waals surface area (Å²) >= 11 is 1.30. The van der Waals surface area contributed by atoms with Crippen LogP contribution in [0.25, 0.3) is 0 Å². The highest BCUT2D eigenvalue weighted by atomic mass is 32.2. The first-order chi connectivity index (χ1) is 9.26. The van der Waals surface area contributed by atoms with Crippen molar-refractivity contribution in [1.82, 2.24) is 10.0 Å². The second kappa shape index (κ2) is 6.13. The van der Waals surface area contributed by atoms with E-state index in [4.69, 9.17) is 0 Å². The van der Waals surface area contributed by atoms with Crippen molar-refractivity contribution in [3.63, 3.8) is 0 Å². The molecule has 0 bridgehead atoms. The Hall–Kier alpha value is -0.430. The molecule has 0 spiro atoms. The molecule has 1 aromatic rings. The molecule has 6 heteroatoms. The van der Waals surface area contributed by atoms with Crippen LogP contribution in [0.3, 0.4) is 0 Å². The molecule has 2 rings (SSSR count). The summed E-state index contributed by atoms with van der Waals surface area (Å²) in [4.78, 5) is 0. The van der Waals surface area contributed by atoms with Crippen LogP contribution < -0.4 is 10.0 Å². The van der Waals surface area contributed by atoms with E-state index in [-0.39, 0.29) is 5.41 Å². The third-order valence-electron chi connectivity index (χ3n) is 3.23. The molecule has 0 amide bonds. The maximum atomic E-state index is 12.2. The van der Waals surface area contributed by atoms with Crippen molar-refractivity contribution < 1.29 is 8.42 Å². The summed E-state index contributed by atoms with van der Waals surface area (Å²) in [5.41, 5.74) is 1.19. The van der Waals surface area contributed by atoms with E-state index < -0.39 is 10.0 Å². The Morgan fingerprint density at radius 2 is 2.05 bits per heavy atom. The number of hydrogen-bond acceptors (Lipinski definition) is 4. The Bertz CT molecular complexity index is 540. The van der Waals surface area contributed by atoms with E-state index in [0.717, 1.165) is 18.5 Å². The molecule has 0 aromatic carbocycles. The van der Waals surface area contributed by atoms with Gasteiger partial charge in [-0.15, -0.1) is 11.3 Å². The Kier molecular flexibility index (Phi) is 4.89. The number of thiophene rings is 1. The van der Waals surface area contributed by atoms with Crippen molar-refractivity contribution in [2.45, 2.75) is 56.8 Å². The molecule has 1 aromatic heterocycles. The SMILES string of the molecule is CC(C)(C)CCNS(=O)(=O)c1cc(CNC2CC2)cs1. The highest BCUT2D eigenvalue weighted by Crippen LogP contribution is 2.23. The fourth-order valence-corrected chi connectivity index (χ4v) is 4.05. The summed E-state index contributed by atoms with van der Waals surface area (Å²) < 4.78 is 27.4. The van der Waals surface area contributed by atoms with Crippen LogP contribution in [0.1, 0.15) is 45.6 Å². The minimum absolute atomic E-state index is 0.136. The van der Waals surface area contributed by atoms with Crippen LogP contribution in [-0.2, 0) is 16.6 Å². The van der Waals surface area contributed by atoms with E-state index in [0.29, 0.717) is 16.8 Å². The highest BCUT2D eigenvalue weighted by molar-refractivity contribution is 7.91. The van der Waals surface area contributed by atoms with Gasteiger partial charge in [0.15, 0.2) is 0 Å². The molecule has 114 valence electrons. The second-order valence-corrected chi connectivity index (χ2v) is 9.54. The third-order valence-corrected chi connectivity index (χ3v) is 6.18. The normalized spacial score (nSPS) is 16.6. The first kappa shape index (κ1) is 15.9. The van der Waals surface area contributed by atoms with Gasteiger partial charge in [0.1, 0.15) is 4.21 Å². The van der Waals surface area contributed by atoms with E-state index in [9.17, 15) is 8.42 Å². The summed E-state index contributed by atoms with van der Waals surface area (Å²) in [6.45, 7) is 7.56. The molecule has 2 N–H and O–H groups in total. The lowest BCUT2D eigenvalue weighted by atomic mass is 9.93. The quantitative estimate of drug-likeness (QED) is 0.813. The Morgan fingerprint density at radius 1 is 1.35 bits per heavy atom. The molecule has 20 heavy (non-hydrogen) atoms.